The molecule has 0 bridgehead atoms. The number of nitrogen functional groups attached to an aromatic ring is 1. The average Bonchev–Trinajstić information content (AvgIpc) is 2.89. The first kappa shape index (κ1) is 12.7. The molecule has 18 heavy (non-hydrogen) atoms. The molecule has 0 atom stereocenters. The van der Waals surface area contributed by atoms with Crippen LogP contribution in [0.15, 0.2) is 18.2 Å². The Kier molecular flexibility index (Phi) is 4.04. The molecule has 1 amide bonds. The van der Waals surface area contributed by atoms with Crippen LogP contribution in [-0.4, -0.2) is 19.1 Å². The van der Waals surface area contributed by atoms with Gasteiger partial charge in [-0.2, -0.15) is 0 Å². The van der Waals surface area contributed by atoms with Gasteiger partial charge in [-0.3, -0.25) is 9.63 Å². The van der Waals surface area contributed by atoms with Gasteiger partial charge in [0.15, 0.2) is 0 Å². The van der Waals surface area contributed by atoms with Crippen LogP contribution in [0.2, 0.25) is 0 Å². The van der Waals surface area contributed by atoms with E-state index in [-0.39, 0.29) is 12.0 Å². The van der Waals surface area contributed by atoms with Crippen LogP contribution in [0.25, 0.3) is 0 Å². The summed E-state index contributed by atoms with van der Waals surface area (Å²) in [5.41, 5.74) is 8.99. The van der Waals surface area contributed by atoms with Gasteiger partial charge in [-0.15, -0.1) is 0 Å². The van der Waals surface area contributed by atoms with Crippen LogP contribution in [0, 0.1) is 0 Å². The number of methoxy groups -OCH3 is 1. The molecule has 0 aliphatic heterocycles. The molecule has 0 heterocycles. The van der Waals surface area contributed by atoms with E-state index in [1.165, 1.54) is 0 Å². The maximum atomic E-state index is 11.9. The van der Waals surface area contributed by atoms with Crippen LogP contribution in [0.1, 0.15) is 36.0 Å². The number of hydrogen-bond donors (Lipinski definition) is 2. The van der Waals surface area contributed by atoms with E-state index in [2.05, 4.69) is 5.48 Å². The molecule has 2 rings (SSSR count). The molecule has 1 aromatic rings. The van der Waals surface area contributed by atoms with Gasteiger partial charge in [0.25, 0.3) is 5.91 Å². The fraction of sp³-hybridized carbons (Fsp3) is 0.462. The Morgan fingerprint density at radius 2 is 2.11 bits per heavy atom. The molecular weight excluding hydrogens is 232 g/mol. The Bertz CT molecular complexity index is 428. The zero-order valence-electron chi connectivity index (χ0n) is 10.4. The van der Waals surface area contributed by atoms with Crippen molar-refractivity contribution in [1.82, 2.24) is 5.48 Å². The van der Waals surface area contributed by atoms with Crippen molar-refractivity contribution in [2.45, 2.75) is 31.8 Å². The molecule has 5 heteroatoms. The minimum atomic E-state index is -0.335. The molecule has 0 spiro atoms. The number of carbonyl (C=O) groups excluding carboxylic acids is 1. The molecule has 3 N–H and O–H groups in total. The molecule has 0 aromatic heterocycles. The third kappa shape index (κ3) is 2.92. The minimum Gasteiger partial charge on any atom is -0.497 e. The fourth-order valence-electron chi connectivity index (χ4n) is 2.06. The normalized spacial score (nSPS) is 15.6. The summed E-state index contributed by atoms with van der Waals surface area (Å²) in [6.07, 6.45) is 4.42. The van der Waals surface area contributed by atoms with Gasteiger partial charge >= 0.3 is 0 Å². The lowest BCUT2D eigenvalue weighted by molar-refractivity contribution is -0.0124. The first-order valence-electron chi connectivity index (χ1n) is 6.10. The maximum absolute atomic E-state index is 11.9. The second-order valence-electron chi connectivity index (χ2n) is 4.41. The molecule has 1 aromatic carbocycles. The largest absolute Gasteiger partial charge is 0.497 e. The summed E-state index contributed by atoms with van der Waals surface area (Å²) in [6.45, 7) is 0. The van der Waals surface area contributed by atoms with E-state index in [0.717, 1.165) is 25.7 Å². The predicted octanol–water partition coefficient (Wildman–Crippen LogP) is 1.88. The number of nitrogens with two attached hydrogens (primary N) is 1. The van der Waals surface area contributed by atoms with Crippen molar-refractivity contribution in [1.29, 1.82) is 0 Å². The summed E-state index contributed by atoms with van der Waals surface area (Å²) in [5, 5.41) is 0. The highest BCUT2D eigenvalue weighted by molar-refractivity contribution is 5.98. The van der Waals surface area contributed by atoms with E-state index in [9.17, 15) is 4.79 Å². The number of amides is 1. The molecular formula is C13H18N2O3. The highest BCUT2D eigenvalue weighted by atomic mass is 16.7. The molecule has 98 valence electrons. The van der Waals surface area contributed by atoms with Gasteiger partial charge < -0.3 is 10.5 Å². The summed E-state index contributed by atoms with van der Waals surface area (Å²) in [6, 6.07) is 4.95. The maximum Gasteiger partial charge on any atom is 0.277 e. The van der Waals surface area contributed by atoms with E-state index in [0.29, 0.717) is 17.0 Å². The molecule has 5 nitrogen and oxygen atoms in total. The van der Waals surface area contributed by atoms with E-state index < -0.39 is 0 Å². The van der Waals surface area contributed by atoms with E-state index in [1.54, 1.807) is 25.3 Å². The molecule has 1 saturated carbocycles. The van der Waals surface area contributed by atoms with Crippen LogP contribution in [0.5, 0.6) is 5.75 Å². The summed E-state index contributed by atoms with van der Waals surface area (Å²) in [7, 11) is 1.54. The number of benzene rings is 1. The Balaban J connectivity index is 1.98. The number of rotatable bonds is 4. The SMILES string of the molecule is COc1ccc(N)c(C(=O)NOC2CCCC2)c1. The third-order valence-electron chi connectivity index (χ3n) is 3.13. The van der Waals surface area contributed by atoms with Gasteiger partial charge in [0, 0.05) is 5.69 Å². The van der Waals surface area contributed by atoms with Crippen LogP contribution >= 0.6 is 0 Å². The van der Waals surface area contributed by atoms with Crippen molar-refractivity contribution in [3.8, 4) is 5.75 Å². The van der Waals surface area contributed by atoms with Crippen LogP contribution in [0.3, 0.4) is 0 Å². The van der Waals surface area contributed by atoms with Crippen molar-refractivity contribution in [2.75, 3.05) is 12.8 Å². The van der Waals surface area contributed by atoms with Crippen molar-refractivity contribution < 1.29 is 14.4 Å². The Labute approximate surface area is 106 Å². The lowest BCUT2D eigenvalue weighted by atomic mass is 10.1. The third-order valence-corrected chi connectivity index (χ3v) is 3.13. The Hall–Kier alpha value is -1.75. The predicted molar refractivity (Wildman–Crippen MR) is 68.2 cm³/mol. The second kappa shape index (κ2) is 5.73. The molecule has 1 fully saturated rings. The number of hydrogen-bond acceptors (Lipinski definition) is 4. The number of hydroxylamine groups is 1. The quantitative estimate of drug-likeness (QED) is 0.632. The smallest absolute Gasteiger partial charge is 0.277 e. The van der Waals surface area contributed by atoms with Gasteiger partial charge in [0.05, 0.1) is 18.8 Å². The van der Waals surface area contributed by atoms with Crippen LogP contribution in [-0.2, 0) is 4.84 Å². The zero-order valence-corrected chi connectivity index (χ0v) is 10.4. The zero-order chi connectivity index (χ0) is 13.0. The Morgan fingerprint density at radius 1 is 1.39 bits per heavy atom. The summed E-state index contributed by atoms with van der Waals surface area (Å²) in [4.78, 5) is 17.3. The van der Waals surface area contributed by atoms with Crippen molar-refractivity contribution in [3.05, 3.63) is 23.8 Å². The average molecular weight is 250 g/mol. The lowest BCUT2D eigenvalue weighted by Crippen LogP contribution is -2.28. The van der Waals surface area contributed by atoms with Crippen molar-refractivity contribution in [2.24, 2.45) is 0 Å². The van der Waals surface area contributed by atoms with Crippen molar-refractivity contribution >= 4 is 11.6 Å². The molecule has 1 aliphatic rings. The molecule has 1 aliphatic carbocycles. The minimum absolute atomic E-state index is 0.126. The standard InChI is InChI=1S/C13H18N2O3/c1-17-10-6-7-12(14)11(8-10)13(16)15-18-9-4-2-3-5-9/h6-9H,2-5,14H2,1H3,(H,15,16). The number of ether oxygens (including phenoxy) is 1. The topological polar surface area (TPSA) is 73.6 Å². The monoisotopic (exact) mass is 250 g/mol. The Morgan fingerprint density at radius 3 is 2.78 bits per heavy atom. The summed E-state index contributed by atoms with van der Waals surface area (Å²) < 4.78 is 5.06. The number of nitrogens with one attached hydrogen (secondary N) is 1. The summed E-state index contributed by atoms with van der Waals surface area (Å²) in [5.74, 6) is 0.258. The fourth-order valence-corrected chi connectivity index (χ4v) is 2.06. The van der Waals surface area contributed by atoms with Gasteiger partial charge in [0.1, 0.15) is 5.75 Å². The first-order chi connectivity index (χ1) is 8.70. The van der Waals surface area contributed by atoms with Gasteiger partial charge in [0.2, 0.25) is 0 Å². The van der Waals surface area contributed by atoms with E-state index in [4.69, 9.17) is 15.3 Å². The summed E-state index contributed by atoms with van der Waals surface area (Å²) >= 11 is 0. The molecule has 0 saturated heterocycles. The van der Waals surface area contributed by atoms with Gasteiger partial charge in [-0.1, -0.05) is 12.8 Å². The molecule has 0 unspecified atom stereocenters. The van der Waals surface area contributed by atoms with Crippen LogP contribution in [0.4, 0.5) is 5.69 Å². The highest BCUT2D eigenvalue weighted by Crippen LogP contribution is 2.21. The number of anilines is 1. The number of carbonyl (C=O) groups is 1. The lowest BCUT2D eigenvalue weighted by Gasteiger charge is -2.12. The second-order valence-corrected chi connectivity index (χ2v) is 4.41. The van der Waals surface area contributed by atoms with Crippen LogP contribution < -0.4 is 16.0 Å². The highest BCUT2D eigenvalue weighted by Gasteiger charge is 2.18. The van der Waals surface area contributed by atoms with Crippen molar-refractivity contribution in [3.63, 3.8) is 0 Å². The van der Waals surface area contributed by atoms with E-state index in [1.807, 2.05) is 0 Å². The van der Waals surface area contributed by atoms with Gasteiger partial charge in [-0.25, -0.2) is 5.48 Å². The molecule has 0 radical (unpaired) electrons. The first-order valence-corrected chi connectivity index (χ1v) is 6.10. The van der Waals surface area contributed by atoms with E-state index >= 15 is 0 Å². The van der Waals surface area contributed by atoms with Gasteiger partial charge in [-0.05, 0) is 31.0 Å².